The summed E-state index contributed by atoms with van der Waals surface area (Å²) < 4.78 is 5.64. The van der Waals surface area contributed by atoms with Gasteiger partial charge in [0.2, 0.25) is 0 Å². The molecule has 0 spiro atoms. The van der Waals surface area contributed by atoms with Crippen LogP contribution in [0.1, 0.15) is 36.7 Å². The van der Waals surface area contributed by atoms with Gasteiger partial charge in [-0.25, -0.2) is 5.43 Å². The number of nitrogens with zero attached hydrogens (tertiary/aromatic N) is 1. The maximum absolute atomic E-state index is 5.68. The highest BCUT2D eigenvalue weighted by molar-refractivity contribution is 5.34. The van der Waals surface area contributed by atoms with E-state index in [1.54, 1.807) is 6.20 Å². The van der Waals surface area contributed by atoms with Gasteiger partial charge in [0.25, 0.3) is 0 Å². The SMILES string of the molecule is Cc1ccnc(C(NN)c2ccc(OC(C)C)cc2)c1. The van der Waals surface area contributed by atoms with Crippen LogP contribution >= 0.6 is 0 Å². The zero-order valence-electron chi connectivity index (χ0n) is 12.1. The van der Waals surface area contributed by atoms with Gasteiger partial charge in [-0.05, 0) is 56.2 Å². The molecule has 1 unspecified atom stereocenters. The largest absolute Gasteiger partial charge is 0.491 e. The second kappa shape index (κ2) is 6.50. The predicted octanol–water partition coefficient (Wildman–Crippen LogP) is 2.73. The maximum atomic E-state index is 5.68. The lowest BCUT2D eigenvalue weighted by molar-refractivity contribution is 0.242. The van der Waals surface area contributed by atoms with E-state index in [0.29, 0.717) is 0 Å². The Morgan fingerprint density at radius 2 is 1.85 bits per heavy atom. The molecule has 0 aliphatic carbocycles. The van der Waals surface area contributed by atoms with Crippen molar-refractivity contribution in [1.29, 1.82) is 0 Å². The third kappa shape index (κ3) is 3.56. The summed E-state index contributed by atoms with van der Waals surface area (Å²) in [5.74, 6) is 6.54. The third-order valence-electron chi connectivity index (χ3n) is 2.98. The van der Waals surface area contributed by atoms with Crippen LogP contribution in [0.5, 0.6) is 5.75 Å². The van der Waals surface area contributed by atoms with E-state index in [9.17, 15) is 0 Å². The lowest BCUT2D eigenvalue weighted by Gasteiger charge is -2.17. The minimum Gasteiger partial charge on any atom is -0.491 e. The van der Waals surface area contributed by atoms with Crippen molar-refractivity contribution in [3.63, 3.8) is 0 Å². The van der Waals surface area contributed by atoms with E-state index in [-0.39, 0.29) is 12.1 Å². The number of aromatic nitrogens is 1. The molecule has 0 bridgehead atoms. The van der Waals surface area contributed by atoms with Crippen molar-refractivity contribution in [2.45, 2.75) is 32.9 Å². The molecule has 20 heavy (non-hydrogen) atoms. The molecule has 0 aliphatic rings. The van der Waals surface area contributed by atoms with Gasteiger partial charge in [-0.2, -0.15) is 0 Å². The van der Waals surface area contributed by atoms with E-state index in [2.05, 4.69) is 10.4 Å². The van der Waals surface area contributed by atoms with Gasteiger partial charge in [0.15, 0.2) is 0 Å². The second-order valence-corrected chi connectivity index (χ2v) is 5.09. The summed E-state index contributed by atoms with van der Waals surface area (Å²) in [6.45, 7) is 6.06. The first-order chi connectivity index (χ1) is 9.60. The van der Waals surface area contributed by atoms with Gasteiger partial charge in [0, 0.05) is 6.20 Å². The first-order valence-electron chi connectivity index (χ1n) is 6.75. The van der Waals surface area contributed by atoms with Gasteiger partial charge >= 0.3 is 0 Å². The molecule has 0 saturated heterocycles. The molecular formula is C16H21N3O. The molecular weight excluding hydrogens is 250 g/mol. The Morgan fingerprint density at radius 3 is 2.40 bits per heavy atom. The average molecular weight is 271 g/mol. The van der Waals surface area contributed by atoms with Crippen LogP contribution in [0.4, 0.5) is 0 Å². The van der Waals surface area contributed by atoms with Crippen molar-refractivity contribution in [2.24, 2.45) is 5.84 Å². The molecule has 0 aliphatic heterocycles. The Morgan fingerprint density at radius 1 is 1.15 bits per heavy atom. The molecule has 1 atom stereocenters. The summed E-state index contributed by atoms with van der Waals surface area (Å²) in [4.78, 5) is 4.38. The fourth-order valence-corrected chi connectivity index (χ4v) is 2.08. The summed E-state index contributed by atoms with van der Waals surface area (Å²) in [5.41, 5.74) is 5.95. The number of nitrogens with two attached hydrogens (primary N) is 1. The number of rotatable bonds is 5. The Balaban J connectivity index is 2.23. The van der Waals surface area contributed by atoms with Crippen molar-refractivity contribution in [2.75, 3.05) is 0 Å². The fourth-order valence-electron chi connectivity index (χ4n) is 2.08. The van der Waals surface area contributed by atoms with Crippen LogP contribution in [0.15, 0.2) is 42.6 Å². The van der Waals surface area contributed by atoms with Gasteiger partial charge in [-0.1, -0.05) is 12.1 Å². The van der Waals surface area contributed by atoms with Gasteiger partial charge in [-0.15, -0.1) is 0 Å². The van der Waals surface area contributed by atoms with Crippen molar-refractivity contribution in [3.8, 4) is 5.75 Å². The number of benzene rings is 1. The molecule has 106 valence electrons. The zero-order valence-corrected chi connectivity index (χ0v) is 12.1. The molecule has 0 fully saturated rings. The molecule has 1 aromatic heterocycles. The van der Waals surface area contributed by atoms with Gasteiger partial charge in [0.1, 0.15) is 5.75 Å². The predicted molar refractivity (Wildman–Crippen MR) is 80.3 cm³/mol. The molecule has 0 saturated carbocycles. The quantitative estimate of drug-likeness (QED) is 0.648. The van der Waals surface area contributed by atoms with Crippen LogP contribution in [0.2, 0.25) is 0 Å². The summed E-state index contributed by atoms with van der Waals surface area (Å²) in [5, 5.41) is 0. The number of hydrazine groups is 1. The minimum absolute atomic E-state index is 0.122. The molecule has 1 heterocycles. The smallest absolute Gasteiger partial charge is 0.119 e. The van der Waals surface area contributed by atoms with E-state index in [1.807, 2.05) is 57.2 Å². The molecule has 3 N–H and O–H groups in total. The van der Waals surface area contributed by atoms with Crippen molar-refractivity contribution < 1.29 is 4.74 Å². The Kier molecular flexibility index (Phi) is 4.71. The molecule has 0 amide bonds. The Labute approximate surface area is 120 Å². The summed E-state index contributed by atoms with van der Waals surface area (Å²) in [7, 11) is 0. The first kappa shape index (κ1) is 14.5. The van der Waals surface area contributed by atoms with Crippen LogP contribution in [-0.4, -0.2) is 11.1 Å². The van der Waals surface area contributed by atoms with E-state index in [0.717, 1.165) is 22.6 Å². The van der Waals surface area contributed by atoms with Crippen LogP contribution in [0, 0.1) is 6.92 Å². The molecule has 2 aromatic rings. The van der Waals surface area contributed by atoms with E-state index in [4.69, 9.17) is 10.6 Å². The van der Waals surface area contributed by atoms with Gasteiger partial charge < -0.3 is 4.74 Å². The monoisotopic (exact) mass is 271 g/mol. The second-order valence-electron chi connectivity index (χ2n) is 5.09. The highest BCUT2D eigenvalue weighted by atomic mass is 16.5. The van der Waals surface area contributed by atoms with Gasteiger partial charge in [-0.3, -0.25) is 10.8 Å². The normalized spacial score (nSPS) is 12.4. The number of hydrogen-bond donors (Lipinski definition) is 2. The van der Waals surface area contributed by atoms with Crippen LogP contribution in [0.3, 0.4) is 0 Å². The molecule has 0 radical (unpaired) electrons. The number of aryl methyl sites for hydroxylation is 1. The van der Waals surface area contributed by atoms with Crippen LogP contribution in [0.25, 0.3) is 0 Å². The van der Waals surface area contributed by atoms with E-state index in [1.165, 1.54) is 0 Å². The lowest BCUT2D eigenvalue weighted by atomic mass is 10.0. The molecule has 1 aromatic carbocycles. The summed E-state index contributed by atoms with van der Waals surface area (Å²) in [6.07, 6.45) is 1.97. The highest BCUT2D eigenvalue weighted by Gasteiger charge is 2.14. The fraction of sp³-hybridized carbons (Fsp3) is 0.312. The Hall–Kier alpha value is -1.91. The highest BCUT2D eigenvalue weighted by Crippen LogP contribution is 2.23. The lowest BCUT2D eigenvalue weighted by Crippen LogP contribution is -2.29. The molecule has 2 rings (SSSR count). The maximum Gasteiger partial charge on any atom is 0.119 e. The van der Waals surface area contributed by atoms with E-state index < -0.39 is 0 Å². The van der Waals surface area contributed by atoms with Crippen molar-refractivity contribution >= 4 is 0 Å². The average Bonchev–Trinajstić information content (AvgIpc) is 2.41. The van der Waals surface area contributed by atoms with Gasteiger partial charge in [0.05, 0.1) is 17.8 Å². The molecule has 4 heteroatoms. The minimum atomic E-state index is -0.122. The Bertz CT molecular complexity index is 552. The topological polar surface area (TPSA) is 60.2 Å². The van der Waals surface area contributed by atoms with E-state index >= 15 is 0 Å². The summed E-state index contributed by atoms with van der Waals surface area (Å²) >= 11 is 0. The van der Waals surface area contributed by atoms with Crippen molar-refractivity contribution in [3.05, 3.63) is 59.4 Å². The molecule has 4 nitrogen and oxygen atoms in total. The number of ether oxygens (including phenoxy) is 1. The first-order valence-corrected chi connectivity index (χ1v) is 6.75. The van der Waals surface area contributed by atoms with Crippen LogP contribution in [-0.2, 0) is 0 Å². The summed E-state index contributed by atoms with van der Waals surface area (Å²) in [6, 6.07) is 11.8. The standard InChI is InChI=1S/C16H21N3O/c1-11(2)20-14-6-4-13(5-7-14)16(19-17)15-10-12(3)8-9-18-15/h4-11,16,19H,17H2,1-3H3. The zero-order chi connectivity index (χ0) is 14.5. The number of pyridine rings is 1. The number of nitrogens with one attached hydrogen (secondary N) is 1. The third-order valence-corrected chi connectivity index (χ3v) is 2.98. The van der Waals surface area contributed by atoms with Crippen LogP contribution < -0.4 is 16.0 Å². The van der Waals surface area contributed by atoms with Crippen molar-refractivity contribution in [1.82, 2.24) is 10.4 Å². The number of hydrogen-bond acceptors (Lipinski definition) is 4.